The molecule has 4 rings (SSSR count). The van der Waals surface area contributed by atoms with Crippen molar-refractivity contribution in [2.75, 3.05) is 69.2 Å². The average Bonchev–Trinajstić information content (AvgIpc) is 2.78. The summed E-state index contributed by atoms with van der Waals surface area (Å²) in [6, 6.07) is 5.97. The summed E-state index contributed by atoms with van der Waals surface area (Å²) in [5, 5.41) is 11.0. The van der Waals surface area contributed by atoms with Gasteiger partial charge in [-0.15, -0.1) is 0 Å². The fourth-order valence-corrected chi connectivity index (χ4v) is 4.25. The summed E-state index contributed by atoms with van der Waals surface area (Å²) in [6.45, 7) is 8.07. The van der Waals surface area contributed by atoms with Gasteiger partial charge in [0.05, 0.1) is 15.5 Å². The van der Waals surface area contributed by atoms with Crippen LogP contribution in [0.3, 0.4) is 0 Å². The number of likely N-dealkylation sites (N-methyl/N-ethyl adjacent to an activating group) is 1. The molecule has 11 heteroatoms. The molecule has 2 aliphatic heterocycles. The van der Waals surface area contributed by atoms with Gasteiger partial charge >= 0.3 is 0 Å². The molecule has 1 aromatic heterocycles. The normalized spacial score (nSPS) is 17.5. The number of piperazine rings is 2. The third-order valence-electron chi connectivity index (χ3n) is 5.92. The minimum Gasteiger partial charge on any atom is -0.354 e. The van der Waals surface area contributed by atoms with Gasteiger partial charge in [0.25, 0.3) is 11.6 Å². The van der Waals surface area contributed by atoms with Crippen molar-refractivity contribution in [2.45, 2.75) is 6.92 Å². The van der Waals surface area contributed by atoms with Crippen molar-refractivity contribution < 1.29 is 9.72 Å². The SMILES string of the molecule is Cc1nc(N2CCN(C)CC2)cc(N2CCN(C(=O)c3ccc([N+](=O)[O-])cc3Cl)CC2)n1. The van der Waals surface area contributed by atoms with E-state index in [0.29, 0.717) is 26.2 Å². The van der Waals surface area contributed by atoms with Crippen LogP contribution in [0.2, 0.25) is 5.02 Å². The summed E-state index contributed by atoms with van der Waals surface area (Å²) in [6.07, 6.45) is 0. The zero-order valence-electron chi connectivity index (χ0n) is 18.2. The number of hydrogen-bond acceptors (Lipinski definition) is 8. The molecular weight excluding hydrogens is 434 g/mol. The minimum atomic E-state index is -0.529. The van der Waals surface area contributed by atoms with Crippen LogP contribution >= 0.6 is 11.6 Å². The molecule has 1 aromatic carbocycles. The van der Waals surface area contributed by atoms with Crippen LogP contribution in [0.4, 0.5) is 17.3 Å². The average molecular weight is 460 g/mol. The van der Waals surface area contributed by atoms with Crippen LogP contribution < -0.4 is 9.80 Å². The molecule has 0 saturated carbocycles. The van der Waals surface area contributed by atoms with E-state index in [1.54, 1.807) is 4.90 Å². The van der Waals surface area contributed by atoms with Crippen molar-refractivity contribution in [3.05, 3.63) is 50.8 Å². The van der Waals surface area contributed by atoms with Gasteiger partial charge in [0.2, 0.25) is 0 Å². The first-order valence-corrected chi connectivity index (χ1v) is 11.0. The third-order valence-corrected chi connectivity index (χ3v) is 6.24. The largest absolute Gasteiger partial charge is 0.354 e. The highest BCUT2D eigenvalue weighted by molar-refractivity contribution is 6.34. The van der Waals surface area contributed by atoms with Crippen molar-refractivity contribution in [3.63, 3.8) is 0 Å². The van der Waals surface area contributed by atoms with E-state index >= 15 is 0 Å². The molecule has 10 nitrogen and oxygen atoms in total. The van der Waals surface area contributed by atoms with Gasteiger partial charge in [-0.1, -0.05) is 11.6 Å². The first kappa shape index (κ1) is 22.2. The fourth-order valence-electron chi connectivity index (χ4n) is 4.00. The Labute approximate surface area is 191 Å². The number of nitrogens with zero attached hydrogens (tertiary/aromatic N) is 7. The lowest BCUT2D eigenvalue weighted by atomic mass is 10.1. The Kier molecular flexibility index (Phi) is 6.43. The van der Waals surface area contributed by atoms with E-state index in [0.717, 1.165) is 43.6 Å². The smallest absolute Gasteiger partial charge is 0.270 e. The highest BCUT2D eigenvalue weighted by Gasteiger charge is 2.26. The van der Waals surface area contributed by atoms with Crippen LogP contribution in [0, 0.1) is 17.0 Å². The first-order chi connectivity index (χ1) is 15.3. The number of nitro groups is 1. The summed E-state index contributed by atoms with van der Waals surface area (Å²) in [7, 11) is 2.12. The van der Waals surface area contributed by atoms with E-state index in [1.807, 2.05) is 13.0 Å². The lowest BCUT2D eigenvalue weighted by Gasteiger charge is -2.37. The summed E-state index contributed by atoms with van der Waals surface area (Å²) in [4.78, 5) is 41.0. The van der Waals surface area contributed by atoms with Crippen molar-refractivity contribution in [2.24, 2.45) is 0 Å². The second kappa shape index (κ2) is 9.25. The Balaban J connectivity index is 1.42. The van der Waals surface area contributed by atoms with Gasteiger partial charge in [-0.3, -0.25) is 14.9 Å². The van der Waals surface area contributed by atoms with Gasteiger partial charge in [0.1, 0.15) is 17.5 Å². The maximum Gasteiger partial charge on any atom is 0.270 e. The Morgan fingerprint density at radius 1 is 0.969 bits per heavy atom. The van der Waals surface area contributed by atoms with Crippen molar-refractivity contribution in [3.8, 4) is 0 Å². The summed E-state index contributed by atoms with van der Waals surface area (Å²) < 4.78 is 0. The zero-order chi connectivity index (χ0) is 22.8. The van der Waals surface area contributed by atoms with Gasteiger partial charge in [-0.2, -0.15) is 0 Å². The van der Waals surface area contributed by atoms with E-state index < -0.39 is 4.92 Å². The molecule has 3 heterocycles. The van der Waals surface area contributed by atoms with Gasteiger partial charge in [-0.25, -0.2) is 9.97 Å². The number of hydrogen-bond donors (Lipinski definition) is 0. The number of aromatic nitrogens is 2. The topological polar surface area (TPSA) is 99.0 Å². The Hall–Kier alpha value is -2.98. The van der Waals surface area contributed by atoms with E-state index in [-0.39, 0.29) is 22.2 Å². The van der Waals surface area contributed by atoms with Crippen molar-refractivity contribution >= 4 is 34.8 Å². The van der Waals surface area contributed by atoms with Crippen LogP contribution in [0.5, 0.6) is 0 Å². The number of benzene rings is 1. The van der Waals surface area contributed by atoms with Crippen LogP contribution in [0.1, 0.15) is 16.2 Å². The summed E-state index contributed by atoms with van der Waals surface area (Å²) in [5.74, 6) is 2.32. The number of amides is 1. The molecule has 0 atom stereocenters. The summed E-state index contributed by atoms with van der Waals surface area (Å²) in [5.41, 5.74) is 0.146. The second-order valence-corrected chi connectivity index (χ2v) is 8.53. The molecule has 0 unspecified atom stereocenters. The van der Waals surface area contributed by atoms with Crippen LogP contribution in [0.25, 0.3) is 0 Å². The molecule has 2 aromatic rings. The fraction of sp³-hybridized carbons (Fsp3) is 0.476. The quantitative estimate of drug-likeness (QED) is 0.506. The van der Waals surface area contributed by atoms with E-state index in [2.05, 4.69) is 31.7 Å². The number of carbonyl (C=O) groups is 1. The summed E-state index contributed by atoms with van der Waals surface area (Å²) >= 11 is 6.14. The van der Waals surface area contributed by atoms with Gasteiger partial charge in [0.15, 0.2) is 0 Å². The standard InChI is InChI=1S/C21H26ClN7O3/c1-15-23-19(26-7-5-25(2)6-8-26)14-20(24-15)27-9-11-28(12-10-27)21(30)17-4-3-16(29(31)32)13-18(17)22/h3-4,13-14H,5-12H2,1-2H3. The molecule has 0 spiro atoms. The number of halogens is 1. The number of nitro benzene ring substituents is 1. The molecule has 0 radical (unpaired) electrons. The van der Waals surface area contributed by atoms with Gasteiger partial charge in [0, 0.05) is 70.6 Å². The van der Waals surface area contributed by atoms with E-state index in [1.165, 1.54) is 18.2 Å². The minimum absolute atomic E-state index is 0.0925. The Morgan fingerprint density at radius 3 is 2.06 bits per heavy atom. The molecule has 2 fully saturated rings. The maximum atomic E-state index is 12.9. The molecule has 1 amide bonds. The molecule has 2 saturated heterocycles. The molecular formula is C21H26ClN7O3. The first-order valence-electron chi connectivity index (χ1n) is 10.6. The maximum absolute atomic E-state index is 12.9. The molecule has 2 aliphatic rings. The third kappa shape index (κ3) is 4.76. The Morgan fingerprint density at radius 2 is 1.53 bits per heavy atom. The molecule has 32 heavy (non-hydrogen) atoms. The number of non-ortho nitro benzene ring substituents is 1. The number of aryl methyl sites for hydroxylation is 1. The molecule has 0 N–H and O–H groups in total. The number of carbonyl (C=O) groups excluding carboxylic acids is 1. The number of anilines is 2. The zero-order valence-corrected chi connectivity index (χ0v) is 19.0. The molecule has 0 aliphatic carbocycles. The lowest BCUT2D eigenvalue weighted by molar-refractivity contribution is -0.384. The van der Waals surface area contributed by atoms with E-state index in [9.17, 15) is 14.9 Å². The van der Waals surface area contributed by atoms with Crippen molar-refractivity contribution in [1.82, 2.24) is 19.8 Å². The second-order valence-electron chi connectivity index (χ2n) is 8.12. The lowest BCUT2D eigenvalue weighted by Crippen LogP contribution is -2.49. The molecule has 0 bridgehead atoms. The van der Waals surface area contributed by atoms with Crippen LogP contribution in [0.15, 0.2) is 24.3 Å². The van der Waals surface area contributed by atoms with Gasteiger partial charge < -0.3 is 19.6 Å². The molecule has 170 valence electrons. The van der Waals surface area contributed by atoms with Gasteiger partial charge in [-0.05, 0) is 20.0 Å². The van der Waals surface area contributed by atoms with E-state index in [4.69, 9.17) is 11.6 Å². The van der Waals surface area contributed by atoms with Crippen LogP contribution in [-0.2, 0) is 0 Å². The highest BCUT2D eigenvalue weighted by atomic mass is 35.5. The van der Waals surface area contributed by atoms with Crippen molar-refractivity contribution in [1.29, 1.82) is 0 Å². The highest BCUT2D eigenvalue weighted by Crippen LogP contribution is 2.25. The van der Waals surface area contributed by atoms with Crippen LogP contribution in [-0.4, -0.2) is 90.0 Å². The predicted molar refractivity (Wildman–Crippen MR) is 123 cm³/mol. The number of rotatable bonds is 4. The monoisotopic (exact) mass is 459 g/mol. The predicted octanol–water partition coefficient (Wildman–Crippen LogP) is 2.06. The Bertz CT molecular complexity index is 1020.